The summed E-state index contributed by atoms with van der Waals surface area (Å²) in [6.45, 7) is 14.8. The van der Waals surface area contributed by atoms with Crippen LogP contribution in [0.4, 0.5) is 0 Å². The second-order valence-electron chi connectivity index (χ2n) is 8.79. The van der Waals surface area contributed by atoms with Crippen LogP contribution in [-0.4, -0.2) is 0 Å². The summed E-state index contributed by atoms with van der Waals surface area (Å²) in [6.07, 6.45) is 1.92. The molecule has 0 bridgehead atoms. The summed E-state index contributed by atoms with van der Waals surface area (Å²) in [7, 11) is 0. The molecule has 0 radical (unpaired) electrons. The third-order valence-electron chi connectivity index (χ3n) is 7.38. The largest absolute Gasteiger partial charge is 0.456 e. The van der Waals surface area contributed by atoms with E-state index in [1.165, 1.54) is 44.5 Å². The van der Waals surface area contributed by atoms with Crippen molar-refractivity contribution in [3.63, 3.8) is 0 Å². The van der Waals surface area contributed by atoms with Crippen LogP contribution in [0.25, 0.3) is 11.1 Å². The Bertz CT molecular complexity index is 1270. The third kappa shape index (κ3) is 2.44. The van der Waals surface area contributed by atoms with Gasteiger partial charge in [0.2, 0.25) is 0 Å². The fourth-order valence-corrected chi connectivity index (χ4v) is 5.39. The van der Waals surface area contributed by atoms with Crippen molar-refractivity contribution in [1.29, 1.82) is 0 Å². The van der Waals surface area contributed by atoms with Gasteiger partial charge in [0.1, 0.15) is 11.5 Å². The number of allylic oxidation sites excluding steroid dienone is 4. The van der Waals surface area contributed by atoms with Gasteiger partial charge in [0, 0.05) is 5.56 Å². The molecule has 5 rings (SSSR count). The van der Waals surface area contributed by atoms with E-state index in [2.05, 4.69) is 102 Å². The Morgan fingerprint density at radius 1 is 0.806 bits per heavy atom. The highest BCUT2D eigenvalue weighted by Gasteiger charge is 2.51. The monoisotopic (exact) mass is 404 g/mol. The standard InChI is InChI=1S/C30H28O/c1-7-18(2)20(4)28-22(6)30(27-17-16-19(3)21(5)29(27)31-28)25-14-10-8-12-23(25)24-13-9-11-15-26(24)30/h7-17H,1H2,2-6H3/b20-18-. The zero-order valence-electron chi connectivity index (χ0n) is 19.0. The van der Waals surface area contributed by atoms with Crippen molar-refractivity contribution in [3.05, 3.63) is 124 Å². The highest BCUT2D eigenvalue weighted by atomic mass is 16.5. The summed E-state index contributed by atoms with van der Waals surface area (Å²) in [5, 5.41) is 0. The molecule has 0 atom stereocenters. The lowest BCUT2D eigenvalue weighted by molar-refractivity contribution is 0.387. The summed E-state index contributed by atoms with van der Waals surface area (Å²) in [6, 6.07) is 22.2. The topological polar surface area (TPSA) is 9.23 Å². The lowest BCUT2D eigenvalue weighted by Crippen LogP contribution is -2.34. The molecule has 3 aromatic rings. The van der Waals surface area contributed by atoms with Crippen LogP contribution in [-0.2, 0) is 5.41 Å². The van der Waals surface area contributed by atoms with Gasteiger partial charge in [0.25, 0.3) is 0 Å². The van der Waals surface area contributed by atoms with Gasteiger partial charge >= 0.3 is 0 Å². The Morgan fingerprint density at radius 2 is 1.39 bits per heavy atom. The average molecular weight is 405 g/mol. The molecule has 0 saturated carbocycles. The summed E-state index contributed by atoms with van der Waals surface area (Å²) < 4.78 is 6.73. The van der Waals surface area contributed by atoms with E-state index in [9.17, 15) is 0 Å². The third-order valence-corrected chi connectivity index (χ3v) is 7.38. The Kier molecular flexibility index (Phi) is 4.34. The second-order valence-corrected chi connectivity index (χ2v) is 8.79. The van der Waals surface area contributed by atoms with Crippen molar-refractivity contribution in [2.45, 2.75) is 40.0 Å². The van der Waals surface area contributed by atoms with E-state index >= 15 is 0 Å². The molecule has 154 valence electrons. The van der Waals surface area contributed by atoms with Crippen LogP contribution < -0.4 is 4.74 Å². The highest BCUT2D eigenvalue weighted by molar-refractivity contribution is 5.87. The van der Waals surface area contributed by atoms with Gasteiger partial charge < -0.3 is 4.74 Å². The number of rotatable bonds is 2. The minimum Gasteiger partial charge on any atom is -0.456 e. The Morgan fingerprint density at radius 3 is 1.97 bits per heavy atom. The highest BCUT2D eigenvalue weighted by Crippen LogP contribution is 2.61. The Hall–Kier alpha value is -3.32. The second kappa shape index (κ2) is 6.85. The maximum atomic E-state index is 6.73. The molecule has 3 aromatic carbocycles. The van der Waals surface area contributed by atoms with Gasteiger partial charge in [-0.1, -0.05) is 73.3 Å². The molecule has 1 heterocycles. The first kappa shape index (κ1) is 19.6. The van der Waals surface area contributed by atoms with Gasteiger partial charge in [-0.05, 0) is 84.7 Å². The van der Waals surface area contributed by atoms with Crippen LogP contribution in [0, 0.1) is 13.8 Å². The molecule has 0 fully saturated rings. The van der Waals surface area contributed by atoms with Crippen molar-refractivity contribution in [2.75, 3.05) is 0 Å². The van der Waals surface area contributed by atoms with Crippen LogP contribution in [0.2, 0.25) is 0 Å². The van der Waals surface area contributed by atoms with E-state index in [1.807, 2.05) is 6.08 Å². The Labute approximate surface area is 185 Å². The lowest BCUT2D eigenvalue weighted by Gasteiger charge is -2.41. The van der Waals surface area contributed by atoms with Crippen molar-refractivity contribution in [1.82, 2.24) is 0 Å². The van der Waals surface area contributed by atoms with E-state index in [1.54, 1.807) is 0 Å². The fourth-order valence-electron chi connectivity index (χ4n) is 5.39. The van der Waals surface area contributed by atoms with Crippen LogP contribution in [0.5, 0.6) is 5.75 Å². The first-order valence-electron chi connectivity index (χ1n) is 10.9. The van der Waals surface area contributed by atoms with E-state index in [4.69, 9.17) is 4.74 Å². The molecular weight excluding hydrogens is 376 g/mol. The zero-order chi connectivity index (χ0) is 21.9. The predicted octanol–water partition coefficient (Wildman–Crippen LogP) is 7.81. The van der Waals surface area contributed by atoms with E-state index in [0.717, 1.165) is 22.7 Å². The minimum absolute atomic E-state index is 0.364. The van der Waals surface area contributed by atoms with Crippen LogP contribution >= 0.6 is 0 Å². The summed E-state index contributed by atoms with van der Waals surface area (Å²) in [5.74, 6) is 1.95. The van der Waals surface area contributed by atoms with Gasteiger partial charge in [-0.3, -0.25) is 0 Å². The average Bonchev–Trinajstić information content (AvgIpc) is 3.09. The zero-order valence-corrected chi connectivity index (χ0v) is 19.0. The van der Waals surface area contributed by atoms with Crippen LogP contribution in [0.3, 0.4) is 0 Å². The molecule has 0 unspecified atom stereocenters. The van der Waals surface area contributed by atoms with Crippen molar-refractivity contribution in [3.8, 4) is 16.9 Å². The maximum Gasteiger partial charge on any atom is 0.135 e. The molecule has 1 aliphatic heterocycles. The van der Waals surface area contributed by atoms with Gasteiger partial charge in [0.05, 0.1) is 5.41 Å². The van der Waals surface area contributed by atoms with E-state index in [-0.39, 0.29) is 5.41 Å². The number of aryl methyl sites for hydroxylation is 1. The molecule has 1 nitrogen and oxygen atoms in total. The van der Waals surface area contributed by atoms with Crippen LogP contribution in [0.15, 0.2) is 95.8 Å². The molecular formula is C30H28O. The van der Waals surface area contributed by atoms with Gasteiger partial charge in [-0.25, -0.2) is 0 Å². The van der Waals surface area contributed by atoms with Gasteiger partial charge in [-0.15, -0.1) is 0 Å². The number of fused-ring (bicyclic) bond motifs is 7. The summed E-state index contributed by atoms with van der Waals surface area (Å²) >= 11 is 0. The molecule has 1 aliphatic carbocycles. The van der Waals surface area contributed by atoms with Crippen molar-refractivity contribution in [2.24, 2.45) is 0 Å². The van der Waals surface area contributed by atoms with Crippen LogP contribution in [0.1, 0.15) is 48.6 Å². The summed E-state index contributed by atoms with van der Waals surface area (Å²) in [4.78, 5) is 0. The van der Waals surface area contributed by atoms with E-state index in [0.29, 0.717) is 0 Å². The van der Waals surface area contributed by atoms with Crippen molar-refractivity contribution < 1.29 is 4.74 Å². The molecule has 2 aliphatic rings. The predicted molar refractivity (Wildman–Crippen MR) is 130 cm³/mol. The smallest absolute Gasteiger partial charge is 0.135 e. The molecule has 0 amide bonds. The van der Waals surface area contributed by atoms with Gasteiger partial charge in [0.15, 0.2) is 0 Å². The first-order chi connectivity index (χ1) is 14.9. The molecule has 1 spiro atoms. The SMILES string of the molecule is C=C/C(C)=C(/C)C1=C(C)C2(c3ccccc3-c3ccccc32)c2ccc(C)c(C)c2O1. The quantitative estimate of drug-likeness (QED) is 0.396. The number of ether oxygens (including phenoxy) is 1. The summed E-state index contributed by atoms with van der Waals surface area (Å²) in [5.41, 5.74) is 12.1. The maximum absolute atomic E-state index is 6.73. The molecule has 31 heavy (non-hydrogen) atoms. The molecule has 1 heteroatoms. The number of benzene rings is 3. The Balaban J connectivity index is 2.00. The lowest BCUT2D eigenvalue weighted by atomic mass is 9.65. The molecule has 0 N–H and O–H groups in total. The first-order valence-corrected chi connectivity index (χ1v) is 10.9. The molecule has 0 saturated heterocycles. The number of hydrogen-bond donors (Lipinski definition) is 0. The normalized spacial score (nSPS) is 16.3. The number of hydrogen-bond acceptors (Lipinski definition) is 1. The van der Waals surface area contributed by atoms with Crippen molar-refractivity contribution >= 4 is 0 Å². The minimum atomic E-state index is -0.364. The van der Waals surface area contributed by atoms with Gasteiger partial charge in [-0.2, -0.15) is 0 Å². The fraction of sp³-hybridized carbons (Fsp3) is 0.200. The van der Waals surface area contributed by atoms with E-state index < -0.39 is 0 Å². The molecule has 0 aromatic heterocycles.